The zero-order chi connectivity index (χ0) is 10.3. The molecule has 0 fully saturated rings. The molecule has 0 amide bonds. The minimum Gasteiger partial charge on any atom is -0.381 e. The van der Waals surface area contributed by atoms with Gasteiger partial charge in [0.25, 0.3) is 0 Å². The van der Waals surface area contributed by atoms with Crippen molar-refractivity contribution in [2.45, 2.75) is 13.8 Å². The number of rotatable bonds is 7. The summed E-state index contributed by atoms with van der Waals surface area (Å²) in [6.45, 7) is 3.61. The molecule has 1 N–H and O–H groups in total. The Kier molecular flexibility index (Phi) is 5.85. The van der Waals surface area contributed by atoms with Gasteiger partial charge in [-0.1, -0.05) is 0 Å². The Morgan fingerprint density at radius 2 is 2.08 bits per heavy atom. The third-order valence-electron chi connectivity index (χ3n) is 1.24. The molecule has 0 aromatic heterocycles. The quantitative estimate of drug-likeness (QED) is 0.575. The Morgan fingerprint density at radius 3 is 2.54 bits per heavy atom. The van der Waals surface area contributed by atoms with Crippen LogP contribution in [-0.2, 0) is 19.6 Å². The van der Waals surface area contributed by atoms with Crippen LogP contribution in [0.4, 0.5) is 0 Å². The molecule has 0 unspecified atom stereocenters. The van der Waals surface area contributed by atoms with Gasteiger partial charge in [-0.05, 0) is 13.8 Å². The third-order valence-corrected chi connectivity index (χ3v) is 2.53. The number of ketones is 1. The second-order valence-corrected chi connectivity index (χ2v) is 4.47. The Labute approximate surface area is 78.5 Å². The summed E-state index contributed by atoms with van der Waals surface area (Å²) in [6.07, 6.45) is 0. The van der Waals surface area contributed by atoms with Crippen LogP contribution >= 0.6 is 0 Å². The first-order valence-electron chi connectivity index (χ1n) is 4.02. The lowest BCUT2D eigenvalue weighted by Crippen LogP contribution is -2.32. The van der Waals surface area contributed by atoms with Gasteiger partial charge >= 0.3 is 0 Å². The van der Waals surface area contributed by atoms with Crippen molar-refractivity contribution in [2.75, 3.05) is 25.5 Å². The van der Waals surface area contributed by atoms with Gasteiger partial charge < -0.3 is 4.74 Å². The Balaban J connectivity index is 3.74. The van der Waals surface area contributed by atoms with Crippen LogP contribution in [0.3, 0.4) is 0 Å². The maximum Gasteiger partial charge on any atom is 0.214 e. The van der Waals surface area contributed by atoms with Crippen LogP contribution in [0.25, 0.3) is 0 Å². The topological polar surface area (TPSA) is 72.5 Å². The number of carbonyl (C=O) groups excluding carboxylic acids is 1. The summed E-state index contributed by atoms with van der Waals surface area (Å²) in [5.41, 5.74) is 0. The average Bonchev–Trinajstić information content (AvgIpc) is 2.02. The van der Waals surface area contributed by atoms with E-state index in [0.717, 1.165) is 0 Å². The molecule has 78 valence electrons. The van der Waals surface area contributed by atoms with Crippen molar-refractivity contribution in [3.8, 4) is 0 Å². The number of Topliss-reactive ketones (excluding diaryl/α,β-unsaturated/α-hetero) is 1. The maximum absolute atomic E-state index is 11.1. The highest BCUT2D eigenvalue weighted by molar-refractivity contribution is 7.89. The van der Waals surface area contributed by atoms with Crippen molar-refractivity contribution in [3.63, 3.8) is 0 Å². The fraction of sp³-hybridized carbons (Fsp3) is 0.857. The minimum absolute atomic E-state index is 0.103. The lowest BCUT2D eigenvalue weighted by Gasteiger charge is -2.04. The predicted molar refractivity (Wildman–Crippen MR) is 49.0 cm³/mol. The van der Waals surface area contributed by atoms with Gasteiger partial charge in [-0.2, -0.15) is 0 Å². The Hall–Kier alpha value is -0.460. The molecule has 5 nitrogen and oxygen atoms in total. The first kappa shape index (κ1) is 12.5. The van der Waals surface area contributed by atoms with Crippen LogP contribution in [0.5, 0.6) is 0 Å². The molecule has 0 aliphatic carbocycles. The second-order valence-electron chi connectivity index (χ2n) is 2.54. The fourth-order valence-electron chi connectivity index (χ4n) is 0.597. The van der Waals surface area contributed by atoms with Crippen LogP contribution in [0, 0.1) is 0 Å². The predicted octanol–water partition coefficient (Wildman–Crippen LogP) is -0.469. The lowest BCUT2D eigenvalue weighted by atomic mass is 10.5. The first-order chi connectivity index (χ1) is 5.98. The standard InChI is InChI=1S/C7H15NO4S/c1-3-12-4-5-13(10,11)8-6-7(2)9/h8H,3-6H2,1-2H3. The van der Waals surface area contributed by atoms with E-state index in [2.05, 4.69) is 4.72 Å². The number of nitrogens with one attached hydrogen (secondary N) is 1. The fourth-order valence-corrected chi connectivity index (χ4v) is 1.50. The molecule has 0 heterocycles. The van der Waals surface area contributed by atoms with Gasteiger partial charge in [0, 0.05) is 6.61 Å². The van der Waals surface area contributed by atoms with Gasteiger partial charge in [0.15, 0.2) is 0 Å². The molecule has 0 saturated carbocycles. The van der Waals surface area contributed by atoms with Crippen LogP contribution in [0.15, 0.2) is 0 Å². The van der Waals surface area contributed by atoms with E-state index in [9.17, 15) is 13.2 Å². The maximum atomic E-state index is 11.1. The number of hydrogen-bond acceptors (Lipinski definition) is 4. The number of sulfonamides is 1. The van der Waals surface area contributed by atoms with E-state index < -0.39 is 10.0 Å². The summed E-state index contributed by atoms with van der Waals surface area (Å²) in [5, 5.41) is 0. The smallest absolute Gasteiger partial charge is 0.214 e. The molecule has 0 atom stereocenters. The highest BCUT2D eigenvalue weighted by atomic mass is 32.2. The van der Waals surface area contributed by atoms with Crippen molar-refractivity contribution < 1.29 is 17.9 Å². The molecular weight excluding hydrogens is 194 g/mol. The van der Waals surface area contributed by atoms with E-state index in [1.807, 2.05) is 0 Å². The van der Waals surface area contributed by atoms with E-state index >= 15 is 0 Å². The summed E-state index contributed by atoms with van der Waals surface area (Å²) in [4.78, 5) is 10.5. The Morgan fingerprint density at radius 1 is 1.46 bits per heavy atom. The lowest BCUT2D eigenvalue weighted by molar-refractivity contribution is -0.115. The summed E-state index contributed by atoms with van der Waals surface area (Å²) in [5.74, 6) is -0.311. The first-order valence-corrected chi connectivity index (χ1v) is 5.67. The van der Waals surface area contributed by atoms with Crippen molar-refractivity contribution in [1.29, 1.82) is 0 Å². The van der Waals surface area contributed by atoms with Crippen molar-refractivity contribution in [1.82, 2.24) is 4.72 Å². The highest BCUT2D eigenvalue weighted by Crippen LogP contribution is 1.85. The number of hydrogen-bond donors (Lipinski definition) is 1. The molecule has 0 aliphatic heterocycles. The summed E-state index contributed by atoms with van der Waals surface area (Å²) in [7, 11) is -3.34. The second kappa shape index (κ2) is 6.06. The normalized spacial score (nSPS) is 11.5. The van der Waals surface area contributed by atoms with Gasteiger partial charge in [0.1, 0.15) is 5.78 Å². The average molecular weight is 209 g/mol. The van der Waals surface area contributed by atoms with Crippen LogP contribution in [0.2, 0.25) is 0 Å². The highest BCUT2D eigenvalue weighted by Gasteiger charge is 2.09. The van der Waals surface area contributed by atoms with E-state index in [1.54, 1.807) is 6.92 Å². The van der Waals surface area contributed by atoms with Crippen LogP contribution < -0.4 is 4.72 Å². The van der Waals surface area contributed by atoms with E-state index in [0.29, 0.717) is 6.61 Å². The van der Waals surface area contributed by atoms with Crippen LogP contribution in [0.1, 0.15) is 13.8 Å². The molecule has 0 bridgehead atoms. The Bertz CT molecular complexity index is 247. The van der Waals surface area contributed by atoms with Crippen molar-refractivity contribution in [2.24, 2.45) is 0 Å². The largest absolute Gasteiger partial charge is 0.381 e. The van der Waals surface area contributed by atoms with Crippen molar-refractivity contribution in [3.05, 3.63) is 0 Å². The third kappa shape index (κ3) is 7.89. The molecule has 6 heteroatoms. The van der Waals surface area contributed by atoms with Crippen LogP contribution in [-0.4, -0.2) is 39.7 Å². The minimum atomic E-state index is -3.34. The van der Waals surface area contributed by atoms with E-state index in [4.69, 9.17) is 4.74 Å². The summed E-state index contributed by atoms with van der Waals surface area (Å²) < 4.78 is 29.2. The molecule has 0 aromatic carbocycles. The molecule has 0 saturated heterocycles. The molecule has 0 aromatic rings. The monoisotopic (exact) mass is 209 g/mol. The zero-order valence-electron chi connectivity index (χ0n) is 7.87. The van der Waals surface area contributed by atoms with Gasteiger partial charge in [-0.25, -0.2) is 13.1 Å². The van der Waals surface area contributed by atoms with Crippen molar-refractivity contribution >= 4 is 15.8 Å². The SMILES string of the molecule is CCOCCS(=O)(=O)NCC(C)=O. The molecule has 0 aliphatic rings. The molecular formula is C7H15NO4S. The van der Waals surface area contributed by atoms with Gasteiger partial charge in [-0.15, -0.1) is 0 Å². The van der Waals surface area contributed by atoms with Gasteiger partial charge in [0.2, 0.25) is 10.0 Å². The number of carbonyl (C=O) groups is 1. The van der Waals surface area contributed by atoms with Gasteiger partial charge in [-0.3, -0.25) is 4.79 Å². The zero-order valence-corrected chi connectivity index (χ0v) is 8.69. The summed E-state index contributed by atoms with van der Waals surface area (Å²) >= 11 is 0. The van der Waals surface area contributed by atoms with E-state index in [-0.39, 0.29) is 24.7 Å². The molecule has 0 spiro atoms. The molecule has 0 radical (unpaired) electrons. The van der Waals surface area contributed by atoms with Gasteiger partial charge in [0.05, 0.1) is 18.9 Å². The molecule has 13 heavy (non-hydrogen) atoms. The number of ether oxygens (including phenoxy) is 1. The molecule has 0 rings (SSSR count). The van der Waals surface area contributed by atoms with E-state index in [1.165, 1.54) is 6.92 Å². The summed E-state index contributed by atoms with van der Waals surface area (Å²) in [6, 6.07) is 0.